The van der Waals surface area contributed by atoms with Crippen molar-refractivity contribution in [1.29, 1.82) is 0 Å². The molecule has 0 heterocycles. The molecule has 232 valence electrons. The van der Waals surface area contributed by atoms with Gasteiger partial charge in [0, 0.05) is 12.8 Å². The fourth-order valence-electron chi connectivity index (χ4n) is 3.34. The first-order valence-corrected chi connectivity index (χ1v) is 12.7. The number of carbonyl (C=O) groups is 8. The molecule has 0 aliphatic rings. The van der Waals surface area contributed by atoms with Crippen LogP contribution in [0.5, 0.6) is 0 Å². The number of carboxylic acid groups (broad SMARTS) is 3. The van der Waals surface area contributed by atoms with Crippen molar-refractivity contribution in [3.05, 3.63) is 0 Å². The van der Waals surface area contributed by atoms with Crippen LogP contribution in [0.15, 0.2) is 0 Å². The lowest BCUT2D eigenvalue weighted by atomic mass is 10.0. The van der Waals surface area contributed by atoms with Crippen LogP contribution in [0.25, 0.3) is 0 Å². The minimum absolute atomic E-state index is 0.0280. The number of amides is 5. The average molecular weight is 590 g/mol. The Balaban J connectivity index is 5.61. The van der Waals surface area contributed by atoms with Crippen molar-refractivity contribution in [1.82, 2.24) is 21.3 Å². The van der Waals surface area contributed by atoms with Crippen molar-refractivity contribution in [3.63, 3.8) is 0 Å². The Bertz CT molecular complexity index is 976. The zero-order valence-corrected chi connectivity index (χ0v) is 22.6. The number of hydrogen-bond donors (Lipinski definition) is 10. The van der Waals surface area contributed by atoms with E-state index >= 15 is 0 Å². The predicted molar refractivity (Wildman–Crippen MR) is 139 cm³/mol. The molecular formula is C23H39N7O11. The van der Waals surface area contributed by atoms with Gasteiger partial charge in [0.15, 0.2) is 0 Å². The third-order valence-corrected chi connectivity index (χ3v) is 5.64. The summed E-state index contributed by atoms with van der Waals surface area (Å²) in [5, 5.41) is 36.0. The number of hydrogen-bond acceptors (Lipinski definition) is 10. The largest absolute Gasteiger partial charge is 0.481 e. The van der Waals surface area contributed by atoms with Crippen LogP contribution in [0.2, 0.25) is 0 Å². The Labute approximate surface area is 235 Å². The quantitative estimate of drug-likeness (QED) is 0.0573. The summed E-state index contributed by atoms with van der Waals surface area (Å²) in [6.45, 7) is 1.49. The van der Waals surface area contributed by atoms with Crippen molar-refractivity contribution in [3.8, 4) is 0 Å². The van der Waals surface area contributed by atoms with Crippen molar-refractivity contribution in [2.24, 2.45) is 17.2 Å². The molecule has 18 heteroatoms. The fourth-order valence-corrected chi connectivity index (χ4v) is 3.34. The minimum Gasteiger partial charge on any atom is -0.481 e. The number of carbonyl (C=O) groups excluding carboxylic acids is 5. The first-order valence-electron chi connectivity index (χ1n) is 12.7. The topological polar surface area (TPSA) is 323 Å². The van der Waals surface area contributed by atoms with Crippen molar-refractivity contribution in [2.75, 3.05) is 6.54 Å². The fraction of sp³-hybridized carbons (Fsp3) is 0.652. The summed E-state index contributed by atoms with van der Waals surface area (Å²) < 4.78 is 0. The Morgan fingerprint density at radius 1 is 0.659 bits per heavy atom. The second-order valence-corrected chi connectivity index (χ2v) is 9.18. The van der Waals surface area contributed by atoms with Crippen LogP contribution >= 0.6 is 0 Å². The lowest BCUT2D eigenvalue weighted by Crippen LogP contribution is -2.58. The van der Waals surface area contributed by atoms with Gasteiger partial charge in [-0.1, -0.05) is 0 Å². The standard InChI is InChI=1S/C23H39N7O11/c1-11(19(36)30-15(23(40)41)10-16(26)31)27-21(38)13(4-2-3-9-24)29-22(39)14(6-8-18(34)35)28-20(37)12(25)5-7-17(32)33/h11-15H,2-10,24-25H2,1H3,(H2,26,31)(H,27,38)(H,28,37)(H,29,39)(H,30,36)(H,32,33)(H,34,35)(H,40,41)/t11-,12-,13-,14-,15-/m0/s1. The van der Waals surface area contributed by atoms with Crippen LogP contribution in [0.3, 0.4) is 0 Å². The summed E-state index contributed by atoms with van der Waals surface area (Å²) in [6.07, 6.45) is -1.46. The first kappa shape index (κ1) is 36.7. The molecule has 0 aromatic rings. The van der Waals surface area contributed by atoms with Gasteiger partial charge in [0.2, 0.25) is 29.5 Å². The lowest BCUT2D eigenvalue weighted by Gasteiger charge is -2.25. The number of nitrogens with two attached hydrogens (primary N) is 3. The van der Waals surface area contributed by atoms with Gasteiger partial charge >= 0.3 is 17.9 Å². The Morgan fingerprint density at radius 2 is 1.15 bits per heavy atom. The van der Waals surface area contributed by atoms with Crippen molar-refractivity contribution >= 4 is 47.4 Å². The van der Waals surface area contributed by atoms with Crippen LogP contribution in [0.4, 0.5) is 0 Å². The molecule has 0 radical (unpaired) electrons. The highest BCUT2D eigenvalue weighted by molar-refractivity contribution is 5.96. The molecular weight excluding hydrogens is 550 g/mol. The van der Waals surface area contributed by atoms with Crippen molar-refractivity contribution in [2.45, 2.75) is 88.5 Å². The van der Waals surface area contributed by atoms with E-state index in [2.05, 4.69) is 21.3 Å². The van der Waals surface area contributed by atoms with Gasteiger partial charge in [0.1, 0.15) is 24.2 Å². The second-order valence-electron chi connectivity index (χ2n) is 9.18. The minimum atomic E-state index is -1.64. The van der Waals surface area contributed by atoms with Crippen LogP contribution < -0.4 is 38.5 Å². The Hall–Kier alpha value is -4.32. The third-order valence-electron chi connectivity index (χ3n) is 5.64. The van der Waals surface area contributed by atoms with Gasteiger partial charge in [-0.05, 0) is 45.6 Å². The summed E-state index contributed by atoms with van der Waals surface area (Å²) in [7, 11) is 0. The summed E-state index contributed by atoms with van der Waals surface area (Å²) in [5.41, 5.74) is 16.1. The van der Waals surface area contributed by atoms with E-state index in [4.69, 9.17) is 32.5 Å². The van der Waals surface area contributed by atoms with Gasteiger partial charge in [-0.3, -0.25) is 33.6 Å². The van der Waals surface area contributed by atoms with Gasteiger partial charge in [0.05, 0.1) is 12.5 Å². The summed E-state index contributed by atoms with van der Waals surface area (Å²) >= 11 is 0. The zero-order valence-electron chi connectivity index (χ0n) is 22.6. The maximum Gasteiger partial charge on any atom is 0.326 e. The highest BCUT2D eigenvalue weighted by Gasteiger charge is 2.31. The van der Waals surface area contributed by atoms with E-state index in [1.807, 2.05) is 0 Å². The number of unbranched alkanes of at least 4 members (excludes halogenated alkanes) is 1. The number of carboxylic acids is 3. The van der Waals surface area contributed by atoms with E-state index in [-0.39, 0.29) is 25.8 Å². The molecule has 0 bridgehead atoms. The summed E-state index contributed by atoms with van der Waals surface area (Å²) in [4.78, 5) is 95.0. The molecule has 5 atom stereocenters. The SMILES string of the molecule is C[C@H](NC(=O)[C@H](CCCCN)NC(=O)[C@H](CCC(=O)O)NC(=O)[C@@H](N)CCC(=O)O)C(=O)N[C@@H](CC(N)=O)C(=O)O. The maximum atomic E-state index is 13.0. The summed E-state index contributed by atoms with van der Waals surface area (Å²) in [5.74, 6) is -8.65. The predicted octanol–water partition coefficient (Wildman–Crippen LogP) is -3.91. The molecule has 0 saturated heterocycles. The van der Waals surface area contributed by atoms with Gasteiger partial charge in [-0.25, -0.2) is 4.79 Å². The molecule has 18 nitrogen and oxygen atoms in total. The molecule has 0 rings (SSSR count). The van der Waals surface area contributed by atoms with E-state index in [9.17, 15) is 38.4 Å². The number of aliphatic carboxylic acids is 3. The number of nitrogens with one attached hydrogen (secondary N) is 4. The van der Waals surface area contributed by atoms with Gasteiger partial charge in [0.25, 0.3) is 0 Å². The summed E-state index contributed by atoms with van der Waals surface area (Å²) in [6, 6.07) is -7.00. The van der Waals surface area contributed by atoms with Gasteiger partial charge < -0.3 is 53.8 Å². The molecule has 0 aromatic carbocycles. The van der Waals surface area contributed by atoms with Crippen LogP contribution in [0.1, 0.15) is 58.3 Å². The van der Waals surface area contributed by atoms with E-state index in [1.165, 1.54) is 6.92 Å². The molecule has 13 N–H and O–H groups in total. The van der Waals surface area contributed by atoms with E-state index in [0.717, 1.165) is 0 Å². The van der Waals surface area contributed by atoms with E-state index < -0.39 is 96.9 Å². The molecule has 0 aliphatic carbocycles. The first-order chi connectivity index (χ1) is 19.1. The van der Waals surface area contributed by atoms with Gasteiger partial charge in [-0.15, -0.1) is 0 Å². The number of rotatable bonds is 21. The molecule has 0 unspecified atom stereocenters. The molecule has 0 aromatic heterocycles. The van der Waals surface area contributed by atoms with E-state index in [0.29, 0.717) is 12.8 Å². The molecule has 5 amide bonds. The molecule has 0 saturated carbocycles. The second kappa shape index (κ2) is 18.9. The Morgan fingerprint density at radius 3 is 1.66 bits per heavy atom. The van der Waals surface area contributed by atoms with Crippen LogP contribution in [0, 0.1) is 0 Å². The molecule has 0 spiro atoms. The smallest absolute Gasteiger partial charge is 0.326 e. The molecule has 0 aliphatic heterocycles. The molecule has 41 heavy (non-hydrogen) atoms. The monoisotopic (exact) mass is 589 g/mol. The number of primary amides is 1. The van der Waals surface area contributed by atoms with Crippen molar-refractivity contribution < 1.29 is 53.7 Å². The normalized spacial score (nSPS) is 14.3. The van der Waals surface area contributed by atoms with Gasteiger partial charge in [-0.2, -0.15) is 0 Å². The van der Waals surface area contributed by atoms with Crippen LogP contribution in [-0.2, 0) is 38.4 Å². The van der Waals surface area contributed by atoms with Crippen LogP contribution in [-0.4, -0.2) is 99.5 Å². The highest BCUT2D eigenvalue weighted by Crippen LogP contribution is 2.06. The zero-order chi connectivity index (χ0) is 31.7. The Kier molecular flexibility index (Phi) is 16.9. The average Bonchev–Trinajstić information content (AvgIpc) is 2.87. The maximum absolute atomic E-state index is 13.0. The lowest BCUT2D eigenvalue weighted by molar-refractivity contribution is -0.143. The molecule has 0 fully saturated rings. The third kappa shape index (κ3) is 15.8. The highest BCUT2D eigenvalue weighted by atomic mass is 16.4. The van der Waals surface area contributed by atoms with E-state index in [1.54, 1.807) is 0 Å².